The smallest absolute Gasteiger partial charge is 0.248 e. The first-order valence-electron chi connectivity index (χ1n) is 6.40. The predicted molar refractivity (Wildman–Crippen MR) is 81.7 cm³/mol. The van der Waals surface area contributed by atoms with Crippen LogP contribution in [0.15, 0.2) is 48.5 Å². The molecule has 0 aliphatic carbocycles. The lowest BCUT2D eigenvalue weighted by Gasteiger charge is -2.09. The van der Waals surface area contributed by atoms with Gasteiger partial charge in [-0.3, -0.25) is 4.79 Å². The summed E-state index contributed by atoms with van der Waals surface area (Å²) < 4.78 is 0. The topological polar surface area (TPSA) is 49.3 Å². The number of phenols is 1. The highest BCUT2D eigenvalue weighted by Gasteiger charge is 2.05. The van der Waals surface area contributed by atoms with Crippen molar-refractivity contribution in [2.24, 2.45) is 0 Å². The van der Waals surface area contributed by atoms with Crippen molar-refractivity contribution in [1.82, 2.24) is 0 Å². The Morgan fingerprint density at radius 3 is 2.50 bits per heavy atom. The van der Waals surface area contributed by atoms with Crippen molar-refractivity contribution < 1.29 is 9.90 Å². The normalized spacial score (nSPS) is 10.7. The lowest BCUT2D eigenvalue weighted by molar-refractivity contribution is -0.111. The molecule has 0 spiro atoms. The number of anilines is 1. The molecule has 0 atom stereocenters. The van der Waals surface area contributed by atoms with Crippen LogP contribution in [-0.4, -0.2) is 11.0 Å². The van der Waals surface area contributed by atoms with Gasteiger partial charge in [0.1, 0.15) is 5.75 Å². The number of carbonyl (C=O) groups is 1. The zero-order valence-corrected chi connectivity index (χ0v) is 11.6. The van der Waals surface area contributed by atoms with Gasteiger partial charge in [-0.1, -0.05) is 30.3 Å². The van der Waals surface area contributed by atoms with Crippen molar-refractivity contribution in [3.05, 3.63) is 65.2 Å². The lowest BCUT2D eigenvalue weighted by Crippen LogP contribution is -2.09. The van der Waals surface area contributed by atoms with Crippen molar-refractivity contribution in [1.29, 1.82) is 0 Å². The summed E-state index contributed by atoms with van der Waals surface area (Å²) in [6, 6.07) is 13.0. The molecule has 0 aliphatic rings. The number of nitrogens with one attached hydrogen (secondary N) is 1. The summed E-state index contributed by atoms with van der Waals surface area (Å²) in [5.74, 6) is 0.0439. The van der Waals surface area contributed by atoms with E-state index in [1.807, 2.05) is 37.3 Å². The first-order valence-corrected chi connectivity index (χ1v) is 6.40. The van der Waals surface area contributed by atoms with E-state index in [-0.39, 0.29) is 11.7 Å². The van der Waals surface area contributed by atoms with Crippen LogP contribution in [0.5, 0.6) is 5.75 Å². The maximum atomic E-state index is 11.9. The molecule has 1 amide bonds. The Balaban J connectivity index is 2.09. The fraction of sp³-hybridized carbons (Fsp3) is 0.118. The first kappa shape index (κ1) is 13.9. The standard InChI is InChI=1S/C17H17NO2/c1-12-11-16(19)13(2)10-15(12)18-17(20)9-8-14-6-4-3-5-7-14/h3-11,19H,1-2H3,(H,18,20). The predicted octanol–water partition coefficient (Wildman–Crippen LogP) is 3.66. The summed E-state index contributed by atoms with van der Waals surface area (Å²) in [7, 11) is 0. The molecular weight excluding hydrogens is 250 g/mol. The Morgan fingerprint density at radius 1 is 1.10 bits per heavy atom. The molecule has 0 unspecified atom stereocenters. The molecule has 0 bridgehead atoms. The van der Waals surface area contributed by atoms with Crippen LogP contribution in [0.25, 0.3) is 6.08 Å². The van der Waals surface area contributed by atoms with Gasteiger partial charge in [-0.15, -0.1) is 0 Å². The molecule has 0 heterocycles. The molecule has 3 heteroatoms. The van der Waals surface area contributed by atoms with Gasteiger partial charge < -0.3 is 10.4 Å². The molecular formula is C17H17NO2. The summed E-state index contributed by atoms with van der Waals surface area (Å²) in [6.07, 6.45) is 3.26. The molecule has 0 aliphatic heterocycles. The van der Waals surface area contributed by atoms with E-state index >= 15 is 0 Å². The summed E-state index contributed by atoms with van der Waals surface area (Å²) in [5, 5.41) is 12.4. The van der Waals surface area contributed by atoms with Gasteiger partial charge in [0.15, 0.2) is 0 Å². The Morgan fingerprint density at radius 2 is 1.80 bits per heavy atom. The fourth-order valence-electron chi connectivity index (χ4n) is 1.85. The van der Waals surface area contributed by atoms with E-state index in [9.17, 15) is 9.90 Å². The number of carbonyl (C=O) groups excluding carboxylic acids is 1. The van der Waals surface area contributed by atoms with Crippen LogP contribution in [0, 0.1) is 13.8 Å². The van der Waals surface area contributed by atoms with Gasteiger partial charge in [-0.25, -0.2) is 0 Å². The second-order valence-corrected chi connectivity index (χ2v) is 4.69. The van der Waals surface area contributed by atoms with Crippen LogP contribution < -0.4 is 5.32 Å². The van der Waals surface area contributed by atoms with Gasteiger partial charge in [0.2, 0.25) is 5.91 Å². The first-order chi connectivity index (χ1) is 9.56. The number of phenolic OH excluding ortho intramolecular Hbond substituents is 1. The number of rotatable bonds is 3. The number of hydrogen-bond donors (Lipinski definition) is 2. The van der Waals surface area contributed by atoms with Gasteiger partial charge in [-0.2, -0.15) is 0 Å². The highest BCUT2D eigenvalue weighted by atomic mass is 16.3. The minimum absolute atomic E-state index is 0.193. The molecule has 0 fully saturated rings. The Hall–Kier alpha value is -2.55. The molecule has 0 saturated carbocycles. The van der Waals surface area contributed by atoms with E-state index in [1.165, 1.54) is 6.08 Å². The average Bonchev–Trinajstić information content (AvgIpc) is 2.44. The number of benzene rings is 2. The van der Waals surface area contributed by atoms with Crippen LogP contribution in [0.3, 0.4) is 0 Å². The van der Waals surface area contributed by atoms with E-state index in [2.05, 4.69) is 5.32 Å². The second kappa shape index (κ2) is 6.06. The zero-order chi connectivity index (χ0) is 14.5. The highest BCUT2D eigenvalue weighted by Crippen LogP contribution is 2.24. The molecule has 2 N–H and O–H groups in total. The summed E-state index contributed by atoms with van der Waals surface area (Å²) in [4.78, 5) is 11.9. The van der Waals surface area contributed by atoms with Gasteiger partial charge in [0.25, 0.3) is 0 Å². The van der Waals surface area contributed by atoms with E-state index < -0.39 is 0 Å². The third-order valence-electron chi connectivity index (χ3n) is 3.03. The number of amides is 1. The Labute approximate surface area is 118 Å². The lowest BCUT2D eigenvalue weighted by atomic mass is 10.1. The van der Waals surface area contributed by atoms with Gasteiger partial charge in [0.05, 0.1) is 0 Å². The van der Waals surface area contributed by atoms with Crippen molar-refractivity contribution in [3.8, 4) is 5.75 Å². The molecule has 20 heavy (non-hydrogen) atoms. The summed E-state index contributed by atoms with van der Waals surface area (Å²) in [6.45, 7) is 3.64. The summed E-state index contributed by atoms with van der Waals surface area (Å²) in [5.41, 5.74) is 3.25. The van der Waals surface area contributed by atoms with Gasteiger partial charge in [0, 0.05) is 11.8 Å². The molecule has 2 rings (SSSR count). The Bertz CT molecular complexity index is 646. The fourth-order valence-corrected chi connectivity index (χ4v) is 1.85. The molecule has 3 nitrogen and oxygen atoms in total. The SMILES string of the molecule is Cc1cc(NC(=O)C=Cc2ccccc2)c(C)cc1O. The third-order valence-corrected chi connectivity index (χ3v) is 3.03. The second-order valence-electron chi connectivity index (χ2n) is 4.69. The van der Waals surface area contributed by atoms with Gasteiger partial charge >= 0.3 is 0 Å². The third kappa shape index (κ3) is 3.48. The van der Waals surface area contributed by atoms with E-state index in [4.69, 9.17) is 0 Å². The van der Waals surface area contributed by atoms with Crippen LogP contribution in [0.1, 0.15) is 16.7 Å². The van der Waals surface area contributed by atoms with Gasteiger partial charge in [-0.05, 0) is 48.7 Å². The monoisotopic (exact) mass is 267 g/mol. The molecule has 0 aromatic heterocycles. The number of hydrogen-bond acceptors (Lipinski definition) is 2. The van der Waals surface area contributed by atoms with Crippen LogP contribution in [0.2, 0.25) is 0 Å². The van der Waals surface area contributed by atoms with Crippen molar-refractivity contribution in [2.45, 2.75) is 13.8 Å². The van der Waals surface area contributed by atoms with Crippen LogP contribution >= 0.6 is 0 Å². The van der Waals surface area contributed by atoms with Crippen molar-refractivity contribution >= 4 is 17.7 Å². The molecule has 102 valence electrons. The van der Waals surface area contributed by atoms with Crippen molar-refractivity contribution in [2.75, 3.05) is 5.32 Å². The molecule has 2 aromatic carbocycles. The minimum atomic E-state index is -0.193. The molecule has 2 aromatic rings. The largest absolute Gasteiger partial charge is 0.508 e. The maximum Gasteiger partial charge on any atom is 0.248 e. The zero-order valence-electron chi connectivity index (χ0n) is 11.6. The highest BCUT2D eigenvalue weighted by molar-refractivity contribution is 6.02. The minimum Gasteiger partial charge on any atom is -0.508 e. The van der Waals surface area contributed by atoms with Crippen LogP contribution in [-0.2, 0) is 4.79 Å². The number of aryl methyl sites for hydroxylation is 2. The quantitative estimate of drug-likeness (QED) is 0.658. The maximum absolute atomic E-state index is 11.9. The average molecular weight is 267 g/mol. The Kier molecular flexibility index (Phi) is 4.20. The number of aromatic hydroxyl groups is 1. The summed E-state index contributed by atoms with van der Waals surface area (Å²) >= 11 is 0. The van der Waals surface area contributed by atoms with E-state index in [0.29, 0.717) is 5.69 Å². The molecule has 0 radical (unpaired) electrons. The molecule has 0 saturated heterocycles. The van der Waals surface area contributed by atoms with Crippen molar-refractivity contribution in [3.63, 3.8) is 0 Å². The van der Waals surface area contributed by atoms with E-state index in [0.717, 1.165) is 16.7 Å². The van der Waals surface area contributed by atoms with Crippen LogP contribution in [0.4, 0.5) is 5.69 Å². The van der Waals surface area contributed by atoms with E-state index in [1.54, 1.807) is 25.1 Å².